The molecular formula is C18H23N3. The molecule has 1 aromatic carbocycles. The van der Waals surface area contributed by atoms with Crippen molar-refractivity contribution < 1.29 is 0 Å². The van der Waals surface area contributed by atoms with Crippen molar-refractivity contribution in [3.63, 3.8) is 0 Å². The van der Waals surface area contributed by atoms with Crippen molar-refractivity contribution in [2.45, 2.75) is 25.3 Å². The van der Waals surface area contributed by atoms with Crippen LogP contribution in [0.3, 0.4) is 0 Å². The third kappa shape index (κ3) is 2.45. The molecule has 4 rings (SSSR count). The van der Waals surface area contributed by atoms with E-state index in [9.17, 15) is 0 Å². The van der Waals surface area contributed by atoms with Gasteiger partial charge in [0.15, 0.2) is 0 Å². The van der Waals surface area contributed by atoms with E-state index in [4.69, 9.17) is 0 Å². The minimum absolute atomic E-state index is 0.578. The Kier molecular flexibility index (Phi) is 3.62. The fourth-order valence-corrected chi connectivity index (χ4v) is 3.84. The van der Waals surface area contributed by atoms with Crippen molar-refractivity contribution in [1.29, 1.82) is 0 Å². The van der Waals surface area contributed by atoms with Crippen LogP contribution < -0.4 is 5.32 Å². The van der Waals surface area contributed by atoms with E-state index in [1.165, 1.54) is 30.2 Å². The average molecular weight is 281 g/mol. The van der Waals surface area contributed by atoms with Crippen LogP contribution in [0.25, 0.3) is 10.9 Å². The summed E-state index contributed by atoms with van der Waals surface area (Å²) in [6, 6.07) is 11.4. The number of aromatic nitrogens is 1. The van der Waals surface area contributed by atoms with Gasteiger partial charge in [-0.2, -0.15) is 0 Å². The molecule has 1 saturated heterocycles. The lowest BCUT2D eigenvalue weighted by Gasteiger charge is -2.43. The van der Waals surface area contributed by atoms with Crippen LogP contribution in [0.4, 0.5) is 0 Å². The van der Waals surface area contributed by atoms with E-state index in [0.29, 0.717) is 6.04 Å². The molecule has 0 unspecified atom stereocenters. The third-order valence-electron chi connectivity index (χ3n) is 5.14. The summed E-state index contributed by atoms with van der Waals surface area (Å²) in [5.41, 5.74) is 2.63. The van der Waals surface area contributed by atoms with Crippen LogP contribution in [0.2, 0.25) is 0 Å². The molecule has 0 spiro atoms. The molecule has 1 aromatic heterocycles. The number of para-hydroxylation sites is 1. The predicted octanol–water partition coefficient (Wildman–Crippen LogP) is 2.98. The molecule has 110 valence electrons. The van der Waals surface area contributed by atoms with Gasteiger partial charge < -0.3 is 5.32 Å². The van der Waals surface area contributed by atoms with Gasteiger partial charge in [0.2, 0.25) is 0 Å². The van der Waals surface area contributed by atoms with Gasteiger partial charge in [-0.25, -0.2) is 0 Å². The summed E-state index contributed by atoms with van der Waals surface area (Å²) in [6.07, 6.45) is 6.15. The molecule has 1 saturated carbocycles. The summed E-state index contributed by atoms with van der Waals surface area (Å²) >= 11 is 0. The molecule has 1 N–H and O–H groups in total. The number of fused-ring (bicyclic) bond motifs is 1. The van der Waals surface area contributed by atoms with Gasteiger partial charge in [0.25, 0.3) is 0 Å². The Morgan fingerprint density at radius 1 is 1.10 bits per heavy atom. The summed E-state index contributed by atoms with van der Waals surface area (Å²) in [7, 11) is 0. The number of nitrogens with zero attached hydrogens (tertiary/aromatic N) is 2. The molecule has 1 aliphatic heterocycles. The van der Waals surface area contributed by atoms with Crippen LogP contribution in [0.15, 0.2) is 36.5 Å². The topological polar surface area (TPSA) is 28.2 Å². The number of pyridine rings is 1. The van der Waals surface area contributed by atoms with Gasteiger partial charge in [-0.1, -0.05) is 24.6 Å². The summed E-state index contributed by atoms with van der Waals surface area (Å²) in [4.78, 5) is 7.24. The number of hydrogen-bond acceptors (Lipinski definition) is 3. The molecule has 0 amide bonds. The Bertz CT molecular complexity index is 609. The van der Waals surface area contributed by atoms with Crippen LogP contribution in [0.5, 0.6) is 0 Å². The summed E-state index contributed by atoms with van der Waals surface area (Å²) in [5.74, 6) is 0.828. The zero-order chi connectivity index (χ0) is 14.1. The van der Waals surface area contributed by atoms with Gasteiger partial charge in [-0.15, -0.1) is 0 Å². The van der Waals surface area contributed by atoms with E-state index in [2.05, 4.69) is 45.5 Å². The Hall–Kier alpha value is -1.45. The van der Waals surface area contributed by atoms with Gasteiger partial charge in [-0.05, 0) is 36.5 Å². The fraction of sp³-hybridized carbons (Fsp3) is 0.500. The number of hydrogen-bond donors (Lipinski definition) is 1. The van der Waals surface area contributed by atoms with Crippen molar-refractivity contribution in [3.8, 4) is 0 Å². The summed E-state index contributed by atoms with van der Waals surface area (Å²) in [6.45, 7) is 4.56. The first kappa shape index (κ1) is 13.2. The van der Waals surface area contributed by atoms with Gasteiger partial charge in [0.1, 0.15) is 0 Å². The standard InChI is InChI=1S/C18H23N3/c1-2-7-17-15(6-1)16(8-9-20-17)18(14-4-3-5-14)21-12-10-19-11-13-21/h1-2,6-9,14,18-19H,3-5,10-13H2/t18-/m1/s1. The summed E-state index contributed by atoms with van der Waals surface area (Å²) in [5, 5.41) is 4.82. The Balaban J connectivity index is 1.77. The van der Waals surface area contributed by atoms with Crippen LogP contribution in [-0.4, -0.2) is 36.1 Å². The molecule has 2 aliphatic rings. The molecule has 21 heavy (non-hydrogen) atoms. The first-order valence-corrected chi connectivity index (χ1v) is 8.22. The lowest BCUT2D eigenvalue weighted by Crippen LogP contribution is -2.47. The molecule has 2 fully saturated rings. The Labute approximate surface area is 126 Å². The minimum atomic E-state index is 0.578. The van der Waals surface area contributed by atoms with Crippen molar-refractivity contribution >= 4 is 10.9 Å². The highest BCUT2D eigenvalue weighted by Crippen LogP contribution is 2.43. The van der Waals surface area contributed by atoms with Gasteiger partial charge in [-0.3, -0.25) is 9.88 Å². The number of nitrogens with one attached hydrogen (secondary N) is 1. The van der Waals surface area contributed by atoms with Crippen LogP contribution >= 0.6 is 0 Å². The molecule has 0 radical (unpaired) electrons. The first-order chi connectivity index (χ1) is 10.4. The van der Waals surface area contributed by atoms with Crippen molar-refractivity contribution in [1.82, 2.24) is 15.2 Å². The smallest absolute Gasteiger partial charge is 0.0705 e. The summed E-state index contributed by atoms with van der Waals surface area (Å²) < 4.78 is 0. The molecule has 3 heteroatoms. The maximum absolute atomic E-state index is 4.54. The van der Waals surface area contributed by atoms with Gasteiger partial charge in [0.05, 0.1) is 5.52 Å². The first-order valence-electron chi connectivity index (χ1n) is 8.22. The van der Waals surface area contributed by atoms with E-state index in [1.54, 1.807) is 0 Å². The quantitative estimate of drug-likeness (QED) is 0.937. The van der Waals surface area contributed by atoms with Crippen molar-refractivity contribution in [3.05, 3.63) is 42.1 Å². The SMILES string of the molecule is c1ccc2c([C@@H](C3CCC3)N3CCNCC3)ccnc2c1. The predicted molar refractivity (Wildman–Crippen MR) is 86.3 cm³/mol. The highest BCUT2D eigenvalue weighted by molar-refractivity contribution is 5.82. The van der Waals surface area contributed by atoms with Crippen molar-refractivity contribution in [2.24, 2.45) is 5.92 Å². The van der Waals surface area contributed by atoms with Crippen molar-refractivity contribution in [2.75, 3.05) is 26.2 Å². The molecule has 0 bridgehead atoms. The second-order valence-corrected chi connectivity index (χ2v) is 6.34. The minimum Gasteiger partial charge on any atom is -0.314 e. The normalized spacial score (nSPS) is 22.1. The largest absolute Gasteiger partial charge is 0.314 e. The van der Waals surface area contributed by atoms with E-state index < -0.39 is 0 Å². The molecule has 3 nitrogen and oxygen atoms in total. The van der Waals surface area contributed by atoms with Crippen LogP contribution in [0.1, 0.15) is 30.9 Å². The molecule has 2 aromatic rings. The molecule has 1 aliphatic carbocycles. The third-order valence-corrected chi connectivity index (χ3v) is 5.14. The van der Waals surface area contributed by atoms with E-state index in [1.807, 2.05) is 6.20 Å². The zero-order valence-corrected chi connectivity index (χ0v) is 12.5. The zero-order valence-electron chi connectivity index (χ0n) is 12.5. The lowest BCUT2D eigenvalue weighted by molar-refractivity contribution is 0.0846. The highest BCUT2D eigenvalue weighted by Gasteiger charge is 2.34. The van der Waals surface area contributed by atoms with Gasteiger partial charge >= 0.3 is 0 Å². The fourth-order valence-electron chi connectivity index (χ4n) is 3.84. The molecule has 2 heterocycles. The second-order valence-electron chi connectivity index (χ2n) is 6.34. The maximum Gasteiger partial charge on any atom is 0.0705 e. The molecular weight excluding hydrogens is 258 g/mol. The van der Waals surface area contributed by atoms with E-state index in [0.717, 1.165) is 37.6 Å². The van der Waals surface area contributed by atoms with E-state index >= 15 is 0 Å². The Morgan fingerprint density at radius 3 is 2.67 bits per heavy atom. The van der Waals surface area contributed by atoms with Crippen LogP contribution in [-0.2, 0) is 0 Å². The number of piperazine rings is 1. The highest BCUT2D eigenvalue weighted by atomic mass is 15.2. The number of benzene rings is 1. The molecule has 1 atom stereocenters. The van der Waals surface area contributed by atoms with Gasteiger partial charge in [0, 0.05) is 43.8 Å². The lowest BCUT2D eigenvalue weighted by atomic mass is 9.75. The average Bonchev–Trinajstić information content (AvgIpc) is 2.51. The maximum atomic E-state index is 4.54. The monoisotopic (exact) mass is 281 g/mol. The second kappa shape index (κ2) is 5.74. The number of rotatable bonds is 3. The van der Waals surface area contributed by atoms with Crippen LogP contribution in [0, 0.1) is 5.92 Å². The Morgan fingerprint density at radius 2 is 1.90 bits per heavy atom. The van der Waals surface area contributed by atoms with E-state index in [-0.39, 0.29) is 0 Å².